The van der Waals surface area contributed by atoms with Crippen molar-refractivity contribution in [3.8, 4) is 11.3 Å². The second-order valence-corrected chi connectivity index (χ2v) is 8.53. The third kappa shape index (κ3) is 3.61. The van der Waals surface area contributed by atoms with Gasteiger partial charge in [-0.05, 0) is 69.8 Å². The molecule has 7 heteroatoms. The molecule has 30 heavy (non-hydrogen) atoms. The highest BCUT2D eigenvalue weighted by atomic mass is 16.1. The van der Waals surface area contributed by atoms with Gasteiger partial charge < -0.3 is 5.32 Å². The molecule has 4 heterocycles. The molecular weight excluding hydrogens is 376 g/mol. The van der Waals surface area contributed by atoms with Gasteiger partial charge in [-0.3, -0.25) is 4.79 Å². The number of aromatic nitrogens is 5. The number of rotatable bonds is 1. The highest BCUT2D eigenvalue weighted by Gasteiger charge is 2.42. The van der Waals surface area contributed by atoms with Crippen LogP contribution in [0.3, 0.4) is 0 Å². The Morgan fingerprint density at radius 1 is 1.10 bits per heavy atom. The van der Waals surface area contributed by atoms with E-state index >= 15 is 0 Å². The number of benzene rings is 1. The summed E-state index contributed by atoms with van der Waals surface area (Å²) in [6.07, 6.45) is 10.8. The number of fused-ring (bicyclic) bond motifs is 2. The molecule has 1 aromatic carbocycles. The molecule has 1 aliphatic carbocycles. The maximum absolute atomic E-state index is 11.7. The number of imidazole rings is 1. The molecule has 1 aliphatic heterocycles. The zero-order valence-electron chi connectivity index (χ0n) is 17.4. The Bertz CT molecular complexity index is 1280. The number of aromatic amines is 1. The summed E-state index contributed by atoms with van der Waals surface area (Å²) < 4.78 is 1.79. The Morgan fingerprint density at radius 3 is 2.70 bits per heavy atom. The average molecular weight is 403 g/mol. The van der Waals surface area contributed by atoms with E-state index in [0.29, 0.717) is 10.9 Å². The summed E-state index contributed by atoms with van der Waals surface area (Å²) in [6, 6.07) is 7.62. The predicted octanol–water partition coefficient (Wildman–Crippen LogP) is 3.54. The molecule has 2 fully saturated rings. The summed E-state index contributed by atoms with van der Waals surface area (Å²) in [7, 11) is 0. The molecule has 0 radical (unpaired) electrons. The van der Waals surface area contributed by atoms with Crippen molar-refractivity contribution >= 4 is 16.4 Å². The van der Waals surface area contributed by atoms with Gasteiger partial charge in [-0.15, -0.1) is 0 Å². The Morgan fingerprint density at radius 2 is 1.97 bits per heavy atom. The maximum atomic E-state index is 11.7. The number of H-pyrrole nitrogens is 1. The van der Waals surface area contributed by atoms with Gasteiger partial charge in [0.25, 0.3) is 5.56 Å². The van der Waals surface area contributed by atoms with Crippen LogP contribution < -0.4 is 10.9 Å². The minimum atomic E-state index is -0.186. The Kier molecular flexibility index (Phi) is 4.62. The molecule has 154 valence electrons. The van der Waals surface area contributed by atoms with Crippen LogP contribution in [-0.2, 0) is 0 Å². The Hall–Kier alpha value is -3.06. The molecule has 0 atom stereocenters. The minimum absolute atomic E-state index is 0.186. The second-order valence-electron chi connectivity index (χ2n) is 8.53. The lowest BCUT2D eigenvalue weighted by Crippen LogP contribution is -2.35. The van der Waals surface area contributed by atoms with E-state index in [1.165, 1.54) is 38.6 Å². The lowest BCUT2D eigenvalue weighted by atomic mass is 10.0. The first-order valence-corrected chi connectivity index (χ1v) is 10.6. The molecule has 6 rings (SSSR count). The van der Waals surface area contributed by atoms with Crippen molar-refractivity contribution in [1.82, 2.24) is 30.1 Å². The van der Waals surface area contributed by atoms with Gasteiger partial charge in [0.1, 0.15) is 0 Å². The van der Waals surface area contributed by atoms with E-state index in [9.17, 15) is 4.79 Å². The molecule has 1 saturated carbocycles. The van der Waals surface area contributed by atoms with Crippen molar-refractivity contribution in [3.05, 3.63) is 58.3 Å². The molecule has 1 spiro atoms. The topological polar surface area (TPSA) is 88.0 Å². The number of hydrogen-bond acceptors (Lipinski definition) is 5. The van der Waals surface area contributed by atoms with E-state index in [1.807, 2.05) is 38.2 Å². The van der Waals surface area contributed by atoms with E-state index < -0.39 is 0 Å². The molecule has 7 nitrogen and oxygen atoms in total. The van der Waals surface area contributed by atoms with Crippen LogP contribution in [0.25, 0.3) is 27.7 Å². The van der Waals surface area contributed by atoms with Crippen LogP contribution in [-0.4, -0.2) is 36.9 Å². The van der Waals surface area contributed by atoms with Crippen LogP contribution in [0.2, 0.25) is 0 Å². The normalized spacial score (nSPS) is 17.1. The number of aryl methyl sites for hydroxylation is 2. The average Bonchev–Trinajstić information content (AvgIpc) is 3.37. The smallest absolute Gasteiger partial charge is 0.272 e. The van der Waals surface area contributed by atoms with E-state index in [1.54, 1.807) is 16.8 Å². The van der Waals surface area contributed by atoms with Gasteiger partial charge in [0.2, 0.25) is 0 Å². The van der Waals surface area contributed by atoms with Gasteiger partial charge >= 0.3 is 0 Å². The van der Waals surface area contributed by atoms with Crippen molar-refractivity contribution in [1.29, 1.82) is 0 Å². The fourth-order valence-electron chi connectivity index (χ4n) is 4.25. The van der Waals surface area contributed by atoms with Gasteiger partial charge in [-0.25, -0.2) is 14.6 Å². The van der Waals surface area contributed by atoms with Crippen LogP contribution in [0.1, 0.15) is 43.4 Å². The van der Waals surface area contributed by atoms with Crippen molar-refractivity contribution < 1.29 is 0 Å². The van der Waals surface area contributed by atoms with Crippen LogP contribution in [0.15, 0.2) is 41.5 Å². The SMILES string of the molecule is C1CCC2(CC2)NC1.Cc1cn2nc(-c3ccc4c(=O)[nH]ncc4c3)cc(C)c2n1. The molecule has 3 aromatic heterocycles. The lowest BCUT2D eigenvalue weighted by molar-refractivity contribution is 0.385. The summed E-state index contributed by atoms with van der Waals surface area (Å²) in [5.41, 5.74) is 5.12. The number of nitrogens with one attached hydrogen (secondary N) is 2. The fraction of sp³-hybridized carbons (Fsp3) is 0.391. The van der Waals surface area contributed by atoms with Crippen molar-refractivity contribution in [2.24, 2.45) is 0 Å². The van der Waals surface area contributed by atoms with Gasteiger partial charge in [0.15, 0.2) is 5.65 Å². The number of hydrogen-bond donors (Lipinski definition) is 2. The molecule has 0 unspecified atom stereocenters. The zero-order chi connectivity index (χ0) is 20.7. The molecule has 2 aliphatic rings. The first kappa shape index (κ1) is 18.9. The first-order valence-electron chi connectivity index (χ1n) is 10.6. The first-order chi connectivity index (χ1) is 14.5. The Labute approximate surface area is 174 Å². The van der Waals surface area contributed by atoms with Gasteiger partial charge in [0, 0.05) is 16.5 Å². The third-order valence-corrected chi connectivity index (χ3v) is 6.13. The molecule has 2 N–H and O–H groups in total. The number of piperidine rings is 1. The highest BCUT2D eigenvalue weighted by Crippen LogP contribution is 2.41. The zero-order valence-corrected chi connectivity index (χ0v) is 17.4. The molecule has 4 aromatic rings. The largest absolute Gasteiger partial charge is 0.311 e. The maximum Gasteiger partial charge on any atom is 0.272 e. The van der Waals surface area contributed by atoms with Crippen molar-refractivity contribution in [3.63, 3.8) is 0 Å². The fourth-order valence-corrected chi connectivity index (χ4v) is 4.25. The number of nitrogens with zero attached hydrogens (tertiary/aromatic N) is 4. The summed E-state index contributed by atoms with van der Waals surface area (Å²) >= 11 is 0. The summed E-state index contributed by atoms with van der Waals surface area (Å²) in [4.78, 5) is 16.2. The van der Waals surface area contributed by atoms with E-state index in [0.717, 1.165) is 33.5 Å². The van der Waals surface area contributed by atoms with Crippen molar-refractivity contribution in [2.75, 3.05) is 6.54 Å². The van der Waals surface area contributed by atoms with Crippen LogP contribution in [0.5, 0.6) is 0 Å². The van der Waals surface area contributed by atoms with Gasteiger partial charge in [-0.2, -0.15) is 10.2 Å². The molecule has 0 amide bonds. The highest BCUT2D eigenvalue weighted by molar-refractivity contribution is 5.85. The van der Waals surface area contributed by atoms with Gasteiger partial charge in [0.05, 0.1) is 29.2 Å². The van der Waals surface area contributed by atoms with Gasteiger partial charge in [-0.1, -0.05) is 12.5 Å². The monoisotopic (exact) mass is 402 g/mol. The van der Waals surface area contributed by atoms with Crippen LogP contribution >= 0.6 is 0 Å². The summed E-state index contributed by atoms with van der Waals surface area (Å²) in [5, 5.41) is 15.9. The predicted molar refractivity (Wildman–Crippen MR) is 118 cm³/mol. The molecule has 0 bridgehead atoms. The van der Waals surface area contributed by atoms with E-state index in [2.05, 4.69) is 25.6 Å². The molecular formula is C23H26N6O. The van der Waals surface area contributed by atoms with Crippen LogP contribution in [0.4, 0.5) is 0 Å². The summed E-state index contributed by atoms with van der Waals surface area (Å²) in [6.45, 7) is 5.24. The van der Waals surface area contributed by atoms with E-state index in [4.69, 9.17) is 0 Å². The minimum Gasteiger partial charge on any atom is -0.311 e. The van der Waals surface area contributed by atoms with Crippen molar-refractivity contribution in [2.45, 2.75) is 51.5 Å². The standard InChI is InChI=1S/C16H13N5O.C7H13N/c1-9-5-14(20-21-8-10(2)18-15(9)21)11-3-4-13-12(6-11)7-17-19-16(13)22;1-2-6-8-7(3-1)4-5-7/h3-8H,1-2H3,(H,19,22);8H,1-6H2. The van der Waals surface area contributed by atoms with E-state index in [-0.39, 0.29) is 5.56 Å². The van der Waals surface area contributed by atoms with Crippen LogP contribution in [0, 0.1) is 13.8 Å². The Balaban J connectivity index is 0.000000200. The quantitative estimate of drug-likeness (QED) is 0.508. The third-order valence-electron chi connectivity index (χ3n) is 6.13. The lowest BCUT2D eigenvalue weighted by Gasteiger charge is -2.22. The second kappa shape index (κ2) is 7.32. The summed E-state index contributed by atoms with van der Waals surface area (Å²) in [5.74, 6) is 0. The molecule has 1 saturated heterocycles.